The molecule has 0 atom stereocenters. The number of non-ortho nitro benzene ring substituents is 1. The molecule has 1 heterocycles. The van der Waals surface area contributed by atoms with Crippen LogP contribution >= 0.6 is 11.6 Å². The molecule has 0 saturated heterocycles. The van der Waals surface area contributed by atoms with Gasteiger partial charge in [-0.05, 0) is 12.1 Å². The molecule has 0 unspecified atom stereocenters. The first-order chi connectivity index (χ1) is 10.1. The smallest absolute Gasteiger partial charge is 0.269 e. The lowest BCUT2D eigenvalue weighted by Gasteiger charge is -1.96. The fourth-order valence-electron chi connectivity index (χ4n) is 1.92. The molecule has 0 bridgehead atoms. The summed E-state index contributed by atoms with van der Waals surface area (Å²) in [5, 5.41) is 10.9. The molecule has 5 nitrogen and oxygen atoms in total. The molecule has 3 rings (SSSR count). The summed E-state index contributed by atoms with van der Waals surface area (Å²) < 4.78 is 5.67. The van der Waals surface area contributed by atoms with Gasteiger partial charge in [0.05, 0.1) is 4.92 Å². The molecule has 0 N–H and O–H groups in total. The number of halogens is 1. The minimum Gasteiger partial charge on any atom is -0.434 e. The van der Waals surface area contributed by atoms with Crippen molar-refractivity contribution < 1.29 is 9.34 Å². The molecule has 0 aliphatic heterocycles. The Hall–Kier alpha value is -2.66. The molecule has 1 aromatic heterocycles. The zero-order valence-corrected chi connectivity index (χ0v) is 11.4. The first kappa shape index (κ1) is 13.3. The SMILES string of the molecule is O=[N+]([O-])c1ccc(-c2nc(Cl)c(-c3ccccc3)o2)cc1. The summed E-state index contributed by atoms with van der Waals surface area (Å²) in [4.78, 5) is 14.3. The van der Waals surface area contributed by atoms with Crippen molar-refractivity contribution in [3.63, 3.8) is 0 Å². The van der Waals surface area contributed by atoms with Crippen molar-refractivity contribution in [2.45, 2.75) is 0 Å². The molecular weight excluding hydrogens is 292 g/mol. The van der Waals surface area contributed by atoms with Crippen LogP contribution in [0, 0.1) is 10.1 Å². The summed E-state index contributed by atoms with van der Waals surface area (Å²) in [6.45, 7) is 0. The lowest BCUT2D eigenvalue weighted by molar-refractivity contribution is -0.384. The minimum absolute atomic E-state index is 0.0136. The summed E-state index contributed by atoms with van der Waals surface area (Å²) in [6, 6.07) is 15.3. The van der Waals surface area contributed by atoms with Crippen molar-refractivity contribution in [2.24, 2.45) is 0 Å². The number of hydrogen-bond donors (Lipinski definition) is 0. The summed E-state index contributed by atoms with van der Waals surface area (Å²) in [6.07, 6.45) is 0. The third-order valence-corrected chi connectivity index (χ3v) is 3.20. The Balaban J connectivity index is 1.99. The topological polar surface area (TPSA) is 69.2 Å². The van der Waals surface area contributed by atoms with Gasteiger partial charge in [0, 0.05) is 23.3 Å². The molecule has 0 amide bonds. The highest BCUT2D eigenvalue weighted by atomic mass is 35.5. The van der Waals surface area contributed by atoms with E-state index >= 15 is 0 Å². The average Bonchev–Trinajstić information content (AvgIpc) is 2.90. The van der Waals surface area contributed by atoms with Crippen molar-refractivity contribution in [3.05, 3.63) is 69.9 Å². The molecule has 0 aliphatic carbocycles. The first-order valence-electron chi connectivity index (χ1n) is 6.12. The number of benzene rings is 2. The second-order valence-corrected chi connectivity index (χ2v) is 4.67. The van der Waals surface area contributed by atoms with Crippen LogP contribution in [0.1, 0.15) is 0 Å². The quantitative estimate of drug-likeness (QED) is 0.525. The highest BCUT2D eigenvalue weighted by Gasteiger charge is 2.15. The first-order valence-corrected chi connectivity index (χ1v) is 6.49. The van der Waals surface area contributed by atoms with E-state index in [4.69, 9.17) is 16.0 Å². The molecule has 0 radical (unpaired) electrons. The maximum atomic E-state index is 10.6. The maximum absolute atomic E-state index is 10.6. The van der Waals surface area contributed by atoms with Crippen molar-refractivity contribution >= 4 is 17.3 Å². The molecule has 104 valence electrons. The predicted molar refractivity (Wildman–Crippen MR) is 79.0 cm³/mol. The number of nitrogens with zero attached hydrogens (tertiary/aromatic N) is 2. The van der Waals surface area contributed by atoms with Gasteiger partial charge in [0.1, 0.15) is 0 Å². The Labute approximate surface area is 125 Å². The summed E-state index contributed by atoms with van der Waals surface area (Å²) in [5.41, 5.74) is 1.47. The number of rotatable bonds is 3. The Bertz CT molecular complexity index is 782. The lowest BCUT2D eigenvalue weighted by atomic mass is 10.2. The van der Waals surface area contributed by atoms with E-state index in [1.54, 1.807) is 12.1 Å². The Morgan fingerprint density at radius 1 is 1.00 bits per heavy atom. The van der Waals surface area contributed by atoms with E-state index in [1.807, 2.05) is 30.3 Å². The number of oxazole rings is 1. The highest BCUT2D eigenvalue weighted by molar-refractivity contribution is 6.31. The van der Waals surface area contributed by atoms with Crippen LogP contribution in [-0.2, 0) is 0 Å². The van der Waals surface area contributed by atoms with Crippen LogP contribution in [0.3, 0.4) is 0 Å². The zero-order valence-electron chi connectivity index (χ0n) is 10.7. The van der Waals surface area contributed by atoms with Crippen molar-refractivity contribution in [1.29, 1.82) is 0 Å². The normalized spacial score (nSPS) is 10.5. The van der Waals surface area contributed by atoms with Gasteiger partial charge >= 0.3 is 0 Å². The van der Waals surface area contributed by atoms with E-state index in [2.05, 4.69) is 4.98 Å². The summed E-state index contributed by atoms with van der Waals surface area (Å²) >= 11 is 6.10. The predicted octanol–water partition coefficient (Wildman–Crippen LogP) is 4.57. The average molecular weight is 301 g/mol. The van der Waals surface area contributed by atoms with Crippen LogP contribution < -0.4 is 0 Å². The standard InChI is InChI=1S/C15H9ClN2O3/c16-14-13(10-4-2-1-3-5-10)21-15(17-14)11-6-8-12(9-7-11)18(19)20/h1-9H. The molecule has 3 aromatic rings. The number of aromatic nitrogens is 1. The van der Waals surface area contributed by atoms with Crippen molar-refractivity contribution in [2.75, 3.05) is 0 Å². The van der Waals surface area contributed by atoms with E-state index in [9.17, 15) is 10.1 Å². The number of nitro groups is 1. The van der Waals surface area contributed by atoms with Crippen molar-refractivity contribution in [1.82, 2.24) is 4.98 Å². The van der Waals surface area contributed by atoms with Gasteiger partial charge in [-0.15, -0.1) is 0 Å². The van der Waals surface area contributed by atoms with Crippen LogP contribution in [0.25, 0.3) is 22.8 Å². The van der Waals surface area contributed by atoms with E-state index in [0.29, 0.717) is 17.2 Å². The molecule has 21 heavy (non-hydrogen) atoms. The molecule has 0 saturated carbocycles. The van der Waals surface area contributed by atoms with E-state index in [-0.39, 0.29) is 10.8 Å². The second-order valence-electron chi connectivity index (χ2n) is 4.31. The Kier molecular flexibility index (Phi) is 3.41. The van der Waals surface area contributed by atoms with Gasteiger partial charge in [-0.1, -0.05) is 41.9 Å². The largest absolute Gasteiger partial charge is 0.434 e. The zero-order chi connectivity index (χ0) is 14.8. The van der Waals surface area contributed by atoms with Gasteiger partial charge < -0.3 is 4.42 Å². The van der Waals surface area contributed by atoms with E-state index < -0.39 is 4.92 Å². The monoisotopic (exact) mass is 300 g/mol. The maximum Gasteiger partial charge on any atom is 0.269 e. The van der Waals surface area contributed by atoms with Gasteiger partial charge in [0.15, 0.2) is 10.9 Å². The highest BCUT2D eigenvalue weighted by Crippen LogP contribution is 2.33. The van der Waals surface area contributed by atoms with Gasteiger partial charge in [-0.3, -0.25) is 10.1 Å². The second kappa shape index (κ2) is 5.38. The molecule has 0 aliphatic rings. The van der Waals surface area contributed by atoms with Crippen LogP contribution in [0.2, 0.25) is 5.15 Å². The minimum atomic E-state index is -0.457. The third kappa shape index (κ3) is 2.64. The fraction of sp³-hybridized carbons (Fsp3) is 0. The van der Waals surface area contributed by atoms with Gasteiger partial charge in [-0.2, -0.15) is 4.98 Å². The van der Waals surface area contributed by atoms with Gasteiger partial charge in [0.2, 0.25) is 5.89 Å². The van der Waals surface area contributed by atoms with Crippen LogP contribution in [0.4, 0.5) is 5.69 Å². The summed E-state index contributed by atoms with van der Waals surface area (Å²) in [5.74, 6) is 0.805. The molecule has 6 heteroatoms. The number of hydrogen-bond acceptors (Lipinski definition) is 4. The Morgan fingerprint density at radius 3 is 2.29 bits per heavy atom. The molecular formula is C15H9ClN2O3. The Morgan fingerprint density at radius 2 is 1.67 bits per heavy atom. The third-order valence-electron chi connectivity index (χ3n) is 2.95. The van der Waals surface area contributed by atoms with Gasteiger partial charge in [0.25, 0.3) is 5.69 Å². The molecule has 0 spiro atoms. The van der Waals surface area contributed by atoms with Crippen LogP contribution in [0.5, 0.6) is 0 Å². The molecule has 0 fully saturated rings. The van der Waals surface area contributed by atoms with Crippen LogP contribution in [-0.4, -0.2) is 9.91 Å². The fourth-order valence-corrected chi connectivity index (χ4v) is 2.14. The summed E-state index contributed by atoms with van der Waals surface area (Å²) in [7, 11) is 0. The molecule has 2 aromatic carbocycles. The van der Waals surface area contributed by atoms with E-state index in [1.165, 1.54) is 12.1 Å². The van der Waals surface area contributed by atoms with Gasteiger partial charge in [-0.25, -0.2) is 0 Å². The van der Waals surface area contributed by atoms with Crippen LogP contribution in [0.15, 0.2) is 59.0 Å². The number of nitro benzene ring substituents is 1. The lowest BCUT2D eigenvalue weighted by Crippen LogP contribution is -1.87. The van der Waals surface area contributed by atoms with E-state index in [0.717, 1.165) is 5.56 Å². The van der Waals surface area contributed by atoms with Crippen molar-refractivity contribution in [3.8, 4) is 22.8 Å².